The fourth-order valence-corrected chi connectivity index (χ4v) is 3.17. The van der Waals surface area contributed by atoms with E-state index < -0.39 is 22.6 Å². The van der Waals surface area contributed by atoms with Crippen LogP contribution in [0.3, 0.4) is 0 Å². The Kier molecular flexibility index (Phi) is 5.70. The van der Waals surface area contributed by atoms with Crippen LogP contribution in [0.4, 0.5) is 0 Å². The number of ether oxygens (including phenoxy) is 2. The molecule has 2 atom stereocenters. The van der Waals surface area contributed by atoms with E-state index in [0.29, 0.717) is 5.56 Å². The molecule has 0 fully saturated rings. The van der Waals surface area contributed by atoms with Crippen molar-refractivity contribution >= 4 is 10.4 Å². The van der Waals surface area contributed by atoms with Gasteiger partial charge in [-0.2, -0.15) is 8.42 Å². The average molecular weight is 401 g/mol. The molecule has 10 nitrogen and oxygen atoms in total. The Labute approximate surface area is 155 Å². The van der Waals surface area contributed by atoms with Crippen molar-refractivity contribution in [1.82, 2.24) is 6.15 Å². The molecule has 0 saturated carbocycles. The number of fused-ring (bicyclic) bond motifs is 1. The molecule has 148 valence electrons. The Bertz CT molecular complexity index is 945. The number of benzene rings is 2. The molecule has 0 aromatic heterocycles. The van der Waals surface area contributed by atoms with Crippen molar-refractivity contribution < 1.29 is 41.9 Å². The first-order valence-electron chi connectivity index (χ1n) is 7.42. The maximum Gasteiger partial charge on any atom is 0.446 e. The van der Waals surface area contributed by atoms with E-state index in [2.05, 4.69) is 4.18 Å². The van der Waals surface area contributed by atoms with Crippen LogP contribution >= 0.6 is 0 Å². The minimum absolute atomic E-state index is 0. The molecule has 0 aliphatic carbocycles. The van der Waals surface area contributed by atoms with Crippen LogP contribution in [0, 0.1) is 0 Å². The van der Waals surface area contributed by atoms with Gasteiger partial charge in [0, 0.05) is 24.1 Å². The summed E-state index contributed by atoms with van der Waals surface area (Å²) in [5, 5.41) is 29.9. The van der Waals surface area contributed by atoms with Gasteiger partial charge >= 0.3 is 10.4 Å². The van der Waals surface area contributed by atoms with E-state index in [1.54, 1.807) is 0 Å². The van der Waals surface area contributed by atoms with Crippen LogP contribution in [-0.2, 0) is 16.8 Å². The topological polar surface area (TPSA) is 178 Å². The van der Waals surface area contributed by atoms with Gasteiger partial charge in [-0.25, -0.2) is 0 Å². The molecule has 0 spiro atoms. The van der Waals surface area contributed by atoms with Gasteiger partial charge in [-0.1, -0.05) is 6.07 Å². The fourth-order valence-electron chi connectivity index (χ4n) is 2.79. The predicted octanol–water partition coefficient (Wildman–Crippen LogP) is 1.49. The lowest BCUT2D eigenvalue weighted by molar-refractivity contribution is 0.0199. The standard InChI is InChI=1S/C16H16O9S.H3N/c1-23-15-4-8(2-3-11(15)18)16-12(19)7-10-13(24-16)5-9(17)6-14(10)25-26(20,21)22;/h2-6,12,16-19H,7H2,1H3,(H,20,21,22);1H3/t12-,16-;/m1./s1. The molecule has 1 heterocycles. The second-order valence-corrected chi connectivity index (χ2v) is 6.69. The van der Waals surface area contributed by atoms with Crippen LogP contribution in [0.25, 0.3) is 0 Å². The maximum absolute atomic E-state index is 11.0. The SMILES string of the molecule is COc1cc([C@H]2Oc3cc(O)cc(OS(=O)(=O)O)c3C[C@H]2O)ccc1O.N. The molecule has 0 amide bonds. The number of aromatic hydroxyl groups is 2. The molecule has 1 aliphatic heterocycles. The zero-order valence-corrected chi connectivity index (χ0v) is 15.0. The molecular weight excluding hydrogens is 382 g/mol. The predicted molar refractivity (Wildman–Crippen MR) is 93.0 cm³/mol. The van der Waals surface area contributed by atoms with E-state index in [-0.39, 0.29) is 46.9 Å². The Morgan fingerprint density at radius 3 is 2.48 bits per heavy atom. The highest BCUT2D eigenvalue weighted by atomic mass is 32.3. The van der Waals surface area contributed by atoms with Crippen LogP contribution in [0.2, 0.25) is 0 Å². The van der Waals surface area contributed by atoms with E-state index in [4.69, 9.17) is 14.0 Å². The molecule has 1 aliphatic rings. The van der Waals surface area contributed by atoms with Crippen molar-refractivity contribution in [2.75, 3.05) is 7.11 Å². The Hall–Kier alpha value is -2.73. The first-order valence-corrected chi connectivity index (χ1v) is 8.79. The van der Waals surface area contributed by atoms with Crippen LogP contribution in [0.15, 0.2) is 30.3 Å². The molecule has 0 bridgehead atoms. The largest absolute Gasteiger partial charge is 0.508 e. The number of aliphatic hydroxyl groups is 1. The van der Waals surface area contributed by atoms with Crippen molar-refractivity contribution in [2.24, 2.45) is 0 Å². The molecule has 3 rings (SSSR count). The number of rotatable bonds is 4. The first kappa shape index (κ1) is 20.6. The summed E-state index contributed by atoms with van der Waals surface area (Å²) in [6.07, 6.45) is -2.02. The van der Waals surface area contributed by atoms with Crippen LogP contribution in [0.5, 0.6) is 28.7 Å². The Morgan fingerprint density at radius 2 is 1.85 bits per heavy atom. The smallest absolute Gasteiger partial charge is 0.446 e. The summed E-state index contributed by atoms with van der Waals surface area (Å²) in [4.78, 5) is 0. The highest BCUT2D eigenvalue weighted by Crippen LogP contribution is 2.43. The summed E-state index contributed by atoms with van der Waals surface area (Å²) in [6.45, 7) is 0. The van der Waals surface area contributed by atoms with Gasteiger partial charge < -0.3 is 35.1 Å². The van der Waals surface area contributed by atoms with E-state index in [1.165, 1.54) is 31.4 Å². The third kappa shape index (κ3) is 4.34. The summed E-state index contributed by atoms with van der Waals surface area (Å²) >= 11 is 0. The number of hydrogen-bond acceptors (Lipinski definition) is 9. The second-order valence-electron chi connectivity index (χ2n) is 5.67. The third-order valence-corrected chi connectivity index (χ3v) is 4.29. The summed E-state index contributed by atoms with van der Waals surface area (Å²) in [5.41, 5.74) is 0.674. The highest BCUT2D eigenvalue weighted by Gasteiger charge is 2.33. The fraction of sp³-hybridized carbons (Fsp3) is 0.250. The zero-order valence-electron chi connectivity index (χ0n) is 14.2. The van der Waals surface area contributed by atoms with Gasteiger partial charge in [-0.3, -0.25) is 4.55 Å². The molecular formula is C16H19NO9S. The van der Waals surface area contributed by atoms with Crippen LogP contribution < -0.4 is 19.8 Å². The van der Waals surface area contributed by atoms with Gasteiger partial charge in [0.25, 0.3) is 0 Å². The first-order chi connectivity index (χ1) is 12.2. The van der Waals surface area contributed by atoms with Gasteiger partial charge in [0.15, 0.2) is 17.2 Å². The Morgan fingerprint density at radius 1 is 1.15 bits per heavy atom. The second kappa shape index (κ2) is 7.48. The molecule has 11 heteroatoms. The lowest BCUT2D eigenvalue weighted by Crippen LogP contribution is -2.30. The summed E-state index contributed by atoms with van der Waals surface area (Å²) in [6, 6.07) is 6.64. The number of phenols is 2. The molecule has 7 N–H and O–H groups in total. The van der Waals surface area contributed by atoms with Gasteiger partial charge in [0.05, 0.1) is 13.2 Å². The van der Waals surface area contributed by atoms with E-state index >= 15 is 0 Å². The van der Waals surface area contributed by atoms with E-state index in [9.17, 15) is 23.7 Å². The van der Waals surface area contributed by atoms with Crippen molar-refractivity contribution in [1.29, 1.82) is 0 Å². The monoisotopic (exact) mass is 401 g/mol. The molecule has 27 heavy (non-hydrogen) atoms. The summed E-state index contributed by atoms with van der Waals surface area (Å²) in [7, 11) is -3.44. The van der Waals surface area contributed by atoms with Crippen LogP contribution in [0.1, 0.15) is 17.2 Å². The van der Waals surface area contributed by atoms with Crippen molar-refractivity contribution in [3.05, 3.63) is 41.5 Å². The van der Waals surface area contributed by atoms with Gasteiger partial charge in [-0.05, 0) is 17.7 Å². The van der Waals surface area contributed by atoms with Gasteiger partial charge in [0.2, 0.25) is 0 Å². The van der Waals surface area contributed by atoms with Gasteiger partial charge in [0.1, 0.15) is 17.6 Å². The van der Waals surface area contributed by atoms with Crippen molar-refractivity contribution in [3.8, 4) is 28.7 Å². The molecule has 0 radical (unpaired) electrons. The number of phenolic OH excluding ortho intramolecular Hbond substituents is 2. The lowest BCUT2D eigenvalue weighted by Gasteiger charge is -2.31. The number of aliphatic hydroxyl groups excluding tert-OH is 1. The zero-order chi connectivity index (χ0) is 19.1. The third-order valence-electron chi connectivity index (χ3n) is 3.90. The summed E-state index contributed by atoms with van der Waals surface area (Å²) in [5.74, 6) is -0.492. The highest BCUT2D eigenvalue weighted by molar-refractivity contribution is 7.81. The summed E-state index contributed by atoms with van der Waals surface area (Å²) < 4.78 is 46.0. The molecule has 0 saturated heterocycles. The number of methoxy groups -OCH3 is 1. The van der Waals surface area contributed by atoms with E-state index in [0.717, 1.165) is 6.07 Å². The molecule has 2 aromatic carbocycles. The van der Waals surface area contributed by atoms with E-state index in [1.807, 2.05) is 0 Å². The number of hydrogen-bond donors (Lipinski definition) is 5. The van der Waals surface area contributed by atoms with Crippen molar-refractivity contribution in [2.45, 2.75) is 18.6 Å². The Balaban J connectivity index is 0.00000261. The maximum atomic E-state index is 11.0. The molecule has 0 unspecified atom stereocenters. The minimum atomic E-state index is -4.82. The quantitative estimate of drug-likeness (QED) is 0.471. The molecule has 2 aromatic rings. The van der Waals surface area contributed by atoms with Gasteiger partial charge in [-0.15, -0.1) is 0 Å². The average Bonchev–Trinajstić information content (AvgIpc) is 2.54. The van der Waals surface area contributed by atoms with Crippen LogP contribution in [-0.4, -0.2) is 41.5 Å². The van der Waals surface area contributed by atoms with Crippen molar-refractivity contribution in [3.63, 3.8) is 0 Å². The normalized spacial score (nSPS) is 18.6. The minimum Gasteiger partial charge on any atom is -0.508 e. The lowest BCUT2D eigenvalue weighted by atomic mass is 9.94.